The first-order chi connectivity index (χ1) is 11.2. The summed E-state index contributed by atoms with van der Waals surface area (Å²) >= 11 is 1.52. The fourth-order valence-electron chi connectivity index (χ4n) is 2.28. The van der Waals surface area contributed by atoms with Gasteiger partial charge in [0, 0.05) is 23.2 Å². The van der Waals surface area contributed by atoms with Crippen molar-refractivity contribution in [2.24, 2.45) is 0 Å². The maximum Gasteiger partial charge on any atom is 0.305 e. The number of rotatable bonds is 6. The van der Waals surface area contributed by atoms with Crippen molar-refractivity contribution in [1.82, 2.24) is 4.98 Å². The number of carboxylic acids is 1. The third kappa shape index (κ3) is 3.76. The van der Waals surface area contributed by atoms with Gasteiger partial charge in [-0.25, -0.2) is 4.98 Å². The van der Waals surface area contributed by atoms with Crippen LogP contribution in [0.5, 0.6) is 0 Å². The smallest absolute Gasteiger partial charge is 0.305 e. The van der Waals surface area contributed by atoms with Crippen LogP contribution in [0, 0.1) is 0 Å². The second-order valence-electron chi connectivity index (χ2n) is 5.01. The molecule has 0 amide bonds. The highest BCUT2D eigenvalue weighted by Crippen LogP contribution is 2.32. The summed E-state index contributed by atoms with van der Waals surface area (Å²) in [7, 11) is 0. The van der Waals surface area contributed by atoms with Crippen molar-refractivity contribution in [2.45, 2.75) is 6.42 Å². The van der Waals surface area contributed by atoms with E-state index >= 15 is 0 Å². The molecule has 0 bridgehead atoms. The van der Waals surface area contributed by atoms with Gasteiger partial charge in [-0.05, 0) is 12.1 Å². The highest BCUT2D eigenvalue weighted by atomic mass is 32.1. The molecule has 1 N–H and O–H groups in total. The molecule has 0 unspecified atom stereocenters. The second kappa shape index (κ2) is 7.07. The average Bonchev–Trinajstić information content (AvgIpc) is 3.06. The summed E-state index contributed by atoms with van der Waals surface area (Å²) < 4.78 is 0. The van der Waals surface area contributed by atoms with Gasteiger partial charge in [0.2, 0.25) is 0 Å². The summed E-state index contributed by atoms with van der Waals surface area (Å²) in [4.78, 5) is 17.6. The number of anilines is 2. The van der Waals surface area contributed by atoms with Crippen LogP contribution in [0.15, 0.2) is 66.0 Å². The molecule has 1 heterocycles. The molecule has 3 aromatic rings. The normalized spacial score (nSPS) is 10.4. The van der Waals surface area contributed by atoms with Crippen LogP contribution in [0.2, 0.25) is 0 Å². The molecule has 1 aromatic heterocycles. The molecule has 116 valence electrons. The summed E-state index contributed by atoms with van der Waals surface area (Å²) in [6.45, 7) is 0.390. The molecular weight excluding hydrogens is 308 g/mol. The van der Waals surface area contributed by atoms with Crippen LogP contribution in [0.3, 0.4) is 0 Å². The van der Waals surface area contributed by atoms with E-state index in [1.54, 1.807) is 0 Å². The van der Waals surface area contributed by atoms with Gasteiger partial charge in [0.1, 0.15) is 0 Å². The largest absolute Gasteiger partial charge is 0.481 e. The van der Waals surface area contributed by atoms with Crippen molar-refractivity contribution in [3.63, 3.8) is 0 Å². The van der Waals surface area contributed by atoms with Crippen molar-refractivity contribution in [1.29, 1.82) is 0 Å². The predicted molar refractivity (Wildman–Crippen MR) is 93.3 cm³/mol. The molecule has 0 atom stereocenters. The number of hydrogen-bond donors (Lipinski definition) is 1. The highest BCUT2D eigenvalue weighted by molar-refractivity contribution is 7.14. The maximum absolute atomic E-state index is 10.9. The zero-order valence-corrected chi connectivity index (χ0v) is 13.2. The lowest BCUT2D eigenvalue weighted by molar-refractivity contribution is -0.136. The predicted octanol–water partition coefficient (Wildman–Crippen LogP) is 4.42. The molecule has 0 aliphatic rings. The molecule has 0 aliphatic carbocycles. The molecule has 23 heavy (non-hydrogen) atoms. The number of thiazole rings is 1. The molecule has 0 spiro atoms. The Kier molecular flexibility index (Phi) is 4.68. The van der Waals surface area contributed by atoms with E-state index in [4.69, 9.17) is 5.11 Å². The van der Waals surface area contributed by atoms with Crippen LogP contribution in [-0.4, -0.2) is 22.6 Å². The Morgan fingerprint density at radius 1 is 1.04 bits per heavy atom. The van der Waals surface area contributed by atoms with Gasteiger partial charge in [-0.3, -0.25) is 4.79 Å². The SMILES string of the molecule is O=C(O)CCN(c1ccccc1)c1nc(-c2ccccc2)cs1. The van der Waals surface area contributed by atoms with E-state index in [1.807, 2.05) is 70.9 Å². The number of nitrogens with zero attached hydrogens (tertiary/aromatic N) is 2. The molecule has 2 aromatic carbocycles. The Labute approximate surface area is 138 Å². The van der Waals surface area contributed by atoms with E-state index in [0.29, 0.717) is 6.54 Å². The van der Waals surface area contributed by atoms with E-state index in [0.717, 1.165) is 22.1 Å². The summed E-state index contributed by atoms with van der Waals surface area (Å²) in [6, 6.07) is 19.7. The molecule has 0 saturated heterocycles. The molecule has 0 aliphatic heterocycles. The van der Waals surface area contributed by atoms with E-state index in [2.05, 4.69) is 4.98 Å². The lowest BCUT2D eigenvalue weighted by Gasteiger charge is -2.21. The zero-order chi connectivity index (χ0) is 16.1. The standard InChI is InChI=1S/C18H16N2O2S/c21-17(22)11-12-20(15-9-5-2-6-10-15)18-19-16(13-23-18)14-7-3-1-4-8-14/h1-10,13H,11-12H2,(H,21,22). The number of para-hydroxylation sites is 1. The van der Waals surface area contributed by atoms with Crippen LogP contribution in [0.25, 0.3) is 11.3 Å². The molecule has 0 radical (unpaired) electrons. The fraction of sp³-hybridized carbons (Fsp3) is 0.111. The van der Waals surface area contributed by atoms with Crippen LogP contribution < -0.4 is 4.90 Å². The number of hydrogen-bond acceptors (Lipinski definition) is 4. The van der Waals surface area contributed by atoms with Crippen molar-refractivity contribution in [2.75, 3.05) is 11.4 Å². The first kappa shape index (κ1) is 15.2. The number of benzene rings is 2. The highest BCUT2D eigenvalue weighted by Gasteiger charge is 2.15. The zero-order valence-electron chi connectivity index (χ0n) is 12.4. The quantitative estimate of drug-likeness (QED) is 0.729. The van der Waals surface area contributed by atoms with Crippen LogP contribution in [0.4, 0.5) is 10.8 Å². The molecule has 4 nitrogen and oxygen atoms in total. The van der Waals surface area contributed by atoms with E-state index in [9.17, 15) is 4.79 Å². The molecule has 0 saturated carbocycles. The first-order valence-electron chi connectivity index (χ1n) is 7.29. The van der Waals surface area contributed by atoms with Crippen LogP contribution in [0.1, 0.15) is 6.42 Å². The van der Waals surface area contributed by atoms with E-state index in [-0.39, 0.29) is 6.42 Å². The van der Waals surface area contributed by atoms with Gasteiger partial charge in [0.05, 0.1) is 12.1 Å². The number of carboxylic acid groups (broad SMARTS) is 1. The minimum absolute atomic E-state index is 0.0646. The average molecular weight is 324 g/mol. The van der Waals surface area contributed by atoms with Crippen molar-refractivity contribution >= 4 is 28.1 Å². The molecule has 3 rings (SSSR count). The third-order valence-electron chi connectivity index (χ3n) is 3.41. The van der Waals surface area contributed by atoms with Gasteiger partial charge in [-0.15, -0.1) is 11.3 Å². The Morgan fingerprint density at radius 2 is 1.70 bits per heavy atom. The summed E-state index contributed by atoms with van der Waals surface area (Å²) in [5.41, 5.74) is 2.91. The van der Waals surface area contributed by atoms with Gasteiger partial charge in [0.15, 0.2) is 5.13 Å². The number of aliphatic carboxylic acids is 1. The first-order valence-corrected chi connectivity index (χ1v) is 8.17. The molecule has 0 fully saturated rings. The number of carbonyl (C=O) groups is 1. The lowest BCUT2D eigenvalue weighted by Crippen LogP contribution is -2.20. The van der Waals surface area contributed by atoms with Crippen LogP contribution in [-0.2, 0) is 4.79 Å². The Balaban J connectivity index is 1.91. The van der Waals surface area contributed by atoms with E-state index < -0.39 is 5.97 Å². The number of aromatic nitrogens is 1. The topological polar surface area (TPSA) is 53.4 Å². The van der Waals surface area contributed by atoms with E-state index in [1.165, 1.54) is 11.3 Å². The van der Waals surface area contributed by atoms with Gasteiger partial charge in [0.25, 0.3) is 0 Å². The Hall–Kier alpha value is -2.66. The van der Waals surface area contributed by atoms with Gasteiger partial charge < -0.3 is 10.0 Å². The lowest BCUT2D eigenvalue weighted by atomic mass is 10.2. The maximum atomic E-state index is 10.9. The van der Waals surface area contributed by atoms with Crippen LogP contribution >= 0.6 is 11.3 Å². The van der Waals surface area contributed by atoms with Crippen molar-refractivity contribution < 1.29 is 9.90 Å². The monoisotopic (exact) mass is 324 g/mol. The van der Waals surface area contributed by atoms with Gasteiger partial charge >= 0.3 is 5.97 Å². The third-order valence-corrected chi connectivity index (χ3v) is 4.27. The second-order valence-corrected chi connectivity index (χ2v) is 5.85. The summed E-state index contributed by atoms with van der Waals surface area (Å²) in [6.07, 6.45) is 0.0646. The Morgan fingerprint density at radius 3 is 2.35 bits per heavy atom. The fourth-order valence-corrected chi connectivity index (χ4v) is 3.16. The summed E-state index contributed by atoms with van der Waals surface area (Å²) in [5.74, 6) is -0.814. The Bertz CT molecular complexity index is 772. The van der Waals surface area contributed by atoms with Gasteiger partial charge in [-0.1, -0.05) is 48.5 Å². The van der Waals surface area contributed by atoms with Crippen molar-refractivity contribution in [3.8, 4) is 11.3 Å². The van der Waals surface area contributed by atoms with Gasteiger partial charge in [-0.2, -0.15) is 0 Å². The van der Waals surface area contributed by atoms with Crippen molar-refractivity contribution in [3.05, 3.63) is 66.0 Å². The molecular formula is C18H16N2O2S. The minimum Gasteiger partial charge on any atom is -0.481 e. The minimum atomic E-state index is -0.814. The summed E-state index contributed by atoms with van der Waals surface area (Å²) in [5, 5.41) is 11.8. The molecule has 5 heteroatoms.